The number of nitrogens with zero attached hydrogens (tertiary/aromatic N) is 4. The highest BCUT2D eigenvalue weighted by Gasteiger charge is 2.00. The molecule has 0 spiro atoms. The third-order valence-electron chi connectivity index (χ3n) is 2.80. The van der Waals surface area contributed by atoms with Crippen molar-refractivity contribution in [2.24, 2.45) is 0 Å². The summed E-state index contributed by atoms with van der Waals surface area (Å²) in [6, 6.07) is 8.08. The zero-order chi connectivity index (χ0) is 13.1. The number of rotatable bonds is 4. The summed E-state index contributed by atoms with van der Waals surface area (Å²) in [5.41, 5.74) is 3.13. The van der Waals surface area contributed by atoms with Crippen molar-refractivity contribution in [2.75, 3.05) is 5.32 Å². The van der Waals surface area contributed by atoms with Crippen LogP contribution in [0, 0.1) is 6.92 Å². The molecule has 0 amide bonds. The van der Waals surface area contributed by atoms with E-state index in [4.69, 9.17) is 0 Å². The molecule has 0 aliphatic heterocycles. The minimum atomic E-state index is 0.715. The van der Waals surface area contributed by atoms with Crippen LogP contribution in [0.25, 0.3) is 5.69 Å². The third-order valence-corrected chi connectivity index (χ3v) is 2.80. The van der Waals surface area contributed by atoms with Gasteiger partial charge in [0.05, 0.1) is 24.1 Å². The number of aromatic nitrogens is 5. The molecule has 0 saturated carbocycles. The van der Waals surface area contributed by atoms with Crippen LogP contribution < -0.4 is 5.32 Å². The van der Waals surface area contributed by atoms with Gasteiger partial charge in [0.25, 0.3) is 0 Å². The Morgan fingerprint density at radius 2 is 2.11 bits per heavy atom. The van der Waals surface area contributed by atoms with Gasteiger partial charge >= 0.3 is 0 Å². The van der Waals surface area contributed by atoms with E-state index in [2.05, 4.69) is 25.5 Å². The van der Waals surface area contributed by atoms with Gasteiger partial charge in [0.15, 0.2) is 0 Å². The molecular weight excluding hydrogens is 240 g/mol. The SMILES string of the molecule is Cc1ncc(CNc2cccc(-n3cnnc3)c2)[nH]1. The van der Waals surface area contributed by atoms with Gasteiger partial charge in [0.1, 0.15) is 18.5 Å². The highest BCUT2D eigenvalue weighted by Crippen LogP contribution is 2.14. The van der Waals surface area contributed by atoms with Crippen molar-refractivity contribution in [1.29, 1.82) is 0 Å². The van der Waals surface area contributed by atoms with Crippen molar-refractivity contribution < 1.29 is 0 Å². The zero-order valence-corrected chi connectivity index (χ0v) is 10.5. The summed E-state index contributed by atoms with van der Waals surface area (Å²) in [7, 11) is 0. The maximum absolute atomic E-state index is 4.17. The maximum atomic E-state index is 4.17. The average Bonchev–Trinajstić information content (AvgIpc) is 3.08. The lowest BCUT2D eigenvalue weighted by molar-refractivity contribution is 1.04. The average molecular weight is 254 g/mol. The molecule has 0 fully saturated rings. The molecule has 19 heavy (non-hydrogen) atoms. The molecule has 0 atom stereocenters. The summed E-state index contributed by atoms with van der Waals surface area (Å²) in [5.74, 6) is 0.926. The number of imidazole rings is 1. The van der Waals surface area contributed by atoms with E-state index in [1.807, 2.05) is 42.0 Å². The number of hydrogen-bond donors (Lipinski definition) is 2. The van der Waals surface area contributed by atoms with Gasteiger partial charge in [-0.25, -0.2) is 4.98 Å². The van der Waals surface area contributed by atoms with E-state index in [1.54, 1.807) is 12.7 Å². The van der Waals surface area contributed by atoms with Crippen LogP contribution in [0.3, 0.4) is 0 Å². The highest BCUT2D eigenvalue weighted by molar-refractivity contribution is 5.51. The van der Waals surface area contributed by atoms with E-state index >= 15 is 0 Å². The standard InChI is InChI=1S/C13H14N6/c1-10-14-6-12(18-10)7-15-11-3-2-4-13(5-11)19-8-16-17-9-19/h2-6,8-9,15H,7H2,1H3,(H,14,18). The molecule has 3 rings (SSSR count). The molecule has 0 aliphatic rings. The van der Waals surface area contributed by atoms with E-state index in [0.717, 1.165) is 22.9 Å². The van der Waals surface area contributed by atoms with Crippen LogP contribution in [0.2, 0.25) is 0 Å². The van der Waals surface area contributed by atoms with E-state index in [0.29, 0.717) is 6.54 Å². The number of nitrogens with one attached hydrogen (secondary N) is 2. The van der Waals surface area contributed by atoms with Crippen LogP contribution in [-0.2, 0) is 6.54 Å². The molecule has 1 aromatic carbocycles. The zero-order valence-electron chi connectivity index (χ0n) is 10.5. The number of aryl methyl sites for hydroxylation is 1. The monoisotopic (exact) mass is 254 g/mol. The first-order valence-corrected chi connectivity index (χ1v) is 6.01. The fourth-order valence-corrected chi connectivity index (χ4v) is 1.87. The molecular formula is C13H14N6. The topological polar surface area (TPSA) is 71.4 Å². The summed E-state index contributed by atoms with van der Waals surface area (Å²) in [5, 5.41) is 11.0. The number of benzene rings is 1. The molecule has 3 aromatic rings. The van der Waals surface area contributed by atoms with Gasteiger partial charge in [-0.3, -0.25) is 4.57 Å². The van der Waals surface area contributed by atoms with Crippen molar-refractivity contribution in [1.82, 2.24) is 24.7 Å². The lowest BCUT2D eigenvalue weighted by atomic mass is 10.2. The highest BCUT2D eigenvalue weighted by atomic mass is 15.2. The van der Waals surface area contributed by atoms with E-state index in [1.165, 1.54) is 0 Å². The Labute approximate surface area is 110 Å². The Kier molecular flexibility index (Phi) is 2.97. The van der Waals surface area contributed by atoms with Gasteiger partial charge in [-0.05, 0) is 25.1 Å². The van der Waals surface area contributed by atoms with E-state index in [9.17, 15) is 0 Å². The first-order valence-electron chi connectivity index (χ1n) is 6.01. The maximum Gasteiger partial charge on any atom is 0.123 e. The van der Waals surface area contributed by atoms with Crippen molar-refractivity contribution in [2.45, 2.75) is 13.5 Å². The molecule has 2 N–H and O–H groups in total. The van der Waals surface area contributed by atoms with Crippen molar-refractivity contribution in [3.05, 3.63) is 54.6 Å². The molecule has 0 unspecified atom stereocenters. The summed E-state index contributed by atoms with van der Waals surface area (Å²) >= 11 is 0. The summed E-state index contributed by atoms with van der Waals surface area (Å²) < 4.78 is 1.87. The van der Waals surface area contributed by atoms with E-state index in [-0.39, 0.29) is 0 Å². The number of H-pyrrole nitrogens is 1. The van der Waals surface area contributed by atoms with Gasteiger partial charge < -0.3 is 10.3 Å². The lowest BCUT2D eigenvalue weighted by Crippen LogP contribution is -2.00. The second-order valence-corrected chi connectivity index (χ2v) is 4.27. The van der Waals surface area contributed by atoms with E-state index < -0.39 is 0 Å². The third kappa shape index (κ3) is 2.62. The first kappa shape index (κ1) is 11.5. The quantitative estimate of drug-likeness (QED) is 0.746. The Morgan fingerprint density at radius 1 is 1.26 bits per heavy atom. The van der Waals surface area contributed by atoms with Gasteiger partial charge in [0.2, 0.25) is 0 Å². The van der Waals surface area contributed by atoms with Crippen LogP contribution in [0.4, 0.5) is 5.69 Å². The van der Waals surface area contributed by atoms with Crippen LogP contribution >= 0.6 is 0 Å². The lowest BCUT2D eigenvalue weighted by Gasteiger charge is -2.07. The predicted octanol–water partition coefficient (Wildman–Crippen LogP) is 1.91. The minimum Gasteiger partial charge on any atom is -0.379 e. The predicted molar refractivity (Wildman–Crippen MR) is 72.0 cm³/mol. The Hall–Kier alpha value is -2.63. The Morgan fingerprint density at radius 3 is 2.84 bits per heavy atom. The van der Waals surface area contributed by atoms with Crippen molar-refractivity contribution in [3.63, 3.8) is 0 Å². The number of aromatic amines is 1. The summed E-state index contributed by atoms with van der Waals surface area (Å²) in [4.78, 5) is 7.36. The van der Waals surface area contributed by atoms with Crippen molar-refractivity contribution in [3.8, 4) is 5.69 Å². The first-order chi connectivity index (χ1) is 9.31. The smallest absolute Gasteiger partial charge is 0.123 e. The fraction of sp³-hybridized carbons (Fsp3) is 0.154. The molecule has 6 heteroatoms. The van der Waals surface area contributed by atoms with Crippen LogP contribution in [-0.4, -0.2) is 24.7 Å². The molecule has 2 heterocycles. The van der Waals surface area contributed by atoms with Gasteiger partial charge in [-0.1, -0.05) is 6.07 Å². The largest absolute Gasteiger partial charge is 0.379 e. The summed E-state index contributed by atoms with van der Waals surface area (Å²) in [6.07, 6.45) is 5.20. The molecule has 0 radical (unpaired) electrons. The molecule has 0 aliphatic carbocycles. The molecule has 2 aromatic heterocycles. The molecule has 0 saturated heterocycles. The fourth-order valence-electron chi connectivity index (χ4n) is 1.87. The normalized spacial score (nSPS) is 10.6. The molecule has 96 valence electrons. The second kappa shape index (κ2) is 4.93. The van der Waals surface area contributed by atoms with Crippen molar-refractivity contribution >= 4 is 5.69 Å². The Bertz CT molecular complexity index is 655. The Balaban J connectivity index is 1.73. The van der Waals surface area contributed by atoms with Crippen LogP contribution in [0.5, 0.6) is 0 Å². The molecule has 0 bridgehead atoms. The van der Waals surface area contributed by atoms with Gasteiger partial charge in [-0.2, -0.15) is 0 Å². The van der Waals surface area contributed by atoms with Crippen LogP contribution in [0.1, 0.15) is 11.5 Å². The van der Waals surface area contributed by atoms with Crippen LogP contribution in [0.15, 0.2) is 43.1 Å². The molecule has 6 nitrogen and oxygen atoms in total. The number of hydrogen-bond acceptors (Lipinski definition) is 4. The second-order valence-electron chi connectivity index (χ2n) is 4.27. The minimum absolute atomic E-state index is 0.715. The van der Waals surface area contributed by atoms with Gasteiger partial charge in [0, 0.05) is 5.69 Å². The van der Waals surface area contributed by atoms with Gasteiger partial charge in [-0.15, -0.1) is 10.2 Å². The number of anilines is 1. The summed E-state index contributed by atoms with van der Waals surface area (Å²) in [6.45, 7) is 2.66.